The van der Waals surface area contributed by atoms with Crippen LogP contribution in [0.5, 0.6) is 0 Å². The molecule has 102 valence electrons. The van der Waals surface area contributed by atoms with E-state index < -0.39 is 11.7 Å². The average Bonchev–Trinajstić information content (AvgIpc) is 2.72. The van der Waals surface area contributed by atoms with Gasteiger partial charge in [-0.05, 0) is 25.1 Å². The third-order valence-corrected chi connectivity index (χ3v) is 3.39. The topological polar surface area (TPSA) is 50.9 Å². The number of thiazole rings is 1. The lowest BCUT2D eigenvalue weighted by Gasteiger charge is -2.11. The van der Waals surface area contributed by atoms with Crippen LogP contribution >= 0.6 is 11.3 Å². The van der Waals surface area contributed by atoms with Gasteiger partial charge < -0.3 is 11.1 Å². The minimum absolute atomic E-state index is 0.0723. The Hall–Kier alpha value is -1.76. The minimum Gasteiger partial charge on any atom is -0.397 e. The van der Waals surface area contributed by atoms with Crippen molar-refractivity contribution in [1.29, 1.82) is 0 Å². The monoisotopic (exact) mass is 287 g/mol. The van der Waals surface area contributed by atoms with E-state index in [9.17, 15) is 13.2 Å². The van der Waals surface area contributed by atoms with Crippen LogP contribution in [-0.4, -0.2) is 4.98 Å². The number of hydrogen-bond donors (Lipinski definition) is 2. The van der Waals surface area contributed by atoms with E-state index in [1.54, 1.807) is 6.20 Å². The summed E-state index contributed by atoms with van der Waals surface area (Å²) in [4.78, 5) is 5.23. The second-order valence-corrected chi connectivity index (χ2v) is 5.34. The molecule has 19 heavy (non-hydrogen) atoms. The fourth-order valence-corrected chi connectivity index (χ4v) is 2.28. The van der Waals surface area contributed by atoms with Crippen LogP contribution < -0.4 is 11.1 Å². The Labute approximate surface area is 112 Å². The molecule has 1 aromatic carbocycles. The third kappa shape index (κ3) is 3.37. The number of alkyl halides is 3. The van der Waals surface area contributed by atoms with E-state index in [1.165, 1.54) is 17.4 Å². The van der Waals surface area contributed by atoms with Gasteiger partial charge in [-0.15, -0.1) is 11.3 Å². The molecule has 0 aliphatic heterocycles. The summed E-state index contributed by atoms with van der Waals surface area (Å²) in [5.41, 5.74) is 5.40. The first kappa shape index (κ1) is 13.7. The first-order valence-corrected chi connectivity index (χ1v) is 6.30. The fourth-order valence-electron chi connectivity index (χ4n) is 1.55. The van der Waals surface area contributed by atoms with Crippen molar-refractivity contribution in [2.75, 3.05) is 11.1 Å². The van der Waals surface area contributed by atoms with E-state index in [4.69, 9.17) is 5.73 Å². The van der Waals surface area contributed by atoms with Gasteiger partial charge in [0.15, 0.2) is 0 Å². The molecular weight excluding hydrogens is 275 g/mol. The summed E-state index contributed by atoms with van der Waals surface area (Å²) in [6.45, 7) is 2.38. The maximum absolute atomic E-state index is 12.5. The van der Waals surface area contributed by atoms with Crippen LogP contribution in [0, 0.1) is 6.92 Å². The van der Waals surface area contributed by atoms with Gasteiger partial charge in [-0.3, -0.25) is 0 Å². The summed E-state index contributed by atoms with van der Waals surface area (Å²) in [7, 11) is 0. The van der Waals surface area contributed by atoms with E-state index in [0.717, 1.165) is 22.0 Å². The molecule has 0 saturated heterocycles. The van der Waals surface area contributed by atoms with E-state index in [1.807, 2.05) is 6.92 Å². The molecule has 0 saturated carbocycles. The van der Waals surface area contributed by atoms with Gasteiger partial charge >= 0.3 is 6.18 Å². The summed E-state index contributed by atoms with van der Waals surface area (Å²) in [5.74, 6) is 0. The lowest BCUT2D eigenvalue weighted by Crippen LogP contribution is -2.08. The Balaban J connectivity index is 2.09. The zero-order valence-corrected chi connectivity index (χ0v) is 10.9. The number of nitrogen functional groups attached to an aromatic ring is 1. The van der Waals surface area contributed by atoms with Gasteiger partial charge in [0.25, 0.3) is 0 Å². The highest BCUT2D eigenvalue weighted by molar-refractivity contribution is 7.11. The van der Waals surface area contributed by atoms with Gasteiger partial charge in [-0.1, -0.05) is 0 Å². The smallest absolute Gasteiger partial charge is 0.397 e. The van der Waals surface area contributed by atoms with E-state index in [2.05, 4.69) is 10.3 Å². The van der Waals surface area contributed by atoms with Crippen LogP contribution in [0.1, 0.15) is 15.4 Å². The SMILES string of the molecule is Cc1cnc(CNc2ccc(C(F)(F)F)cc2N)s1. The molecule has 2 rings (SSSR count). The molecule has 0 amide bonds. The molecule has 1 heterocycles. The second-order valence-electron chi connectivity index (χ2n) is 4.02. The van der Waals surface area contributed by atoms with Crippen molar-refractivity contribution in [3.8, 4) is 0 Å². The van der Waals surface area contributed by atoms with Crippen molar-refractivity contribution in [2.24, 2.45) is 0 Å². The number of nitrogens with zero attached hydrogens (tertiary/aromatic N) is 1. The largest absolute Gasteiger partial charge is 0.416 e. The second kappa shape index (κ2) is 5.08. The standard InChI is InChI=1S/C12H12F3N3S/c1-7-5-18-11(19-7)6-17-10-3-2-8(4-9(10)16)12(13,14)15/h2-5,17H,6,16H2,1H3. The van der Waals surface area contributed by atoms with Gasteiger partial charge in [0.05, 0.1) is 23.5 Å². The predicted molar refractivity (Wildman–Crippen MR) is 70.0 cm³/mol. The van der Waals surface area contributed by atoms with Crippen LogP contribution in [0.25, 0.3) is 0 Å². The summed E-state index contributed by atoms with van der Waals surface area (Å²) in [5, 5.41) is 3.83. The molecule has 0 unspecified atom stereocenters. The molecule has 0 bridgehead atoms. The van der Waals surface area contributed by atoms with Crippen LogP contribution in [0.4, 0.5) is 24.5 Å². The average molecular weight is 287 g/mol. The molecule has 7 heteroatoms. The van der Waals surface area contributed by atoms with Crippen molar-refractivity contribution >= 4 is 22.7 Å². The molecule has 0 radical (unpaired) electrons. The van der Waals surface area contributed by atoms with E-state index >= 15 is 0 Å². The van der Waals surface area contributed by atoms with E-state index in [0.29, 0.717) is 12.2 Å². The highest BCUT2D eigenvalue weighted by atomic mass is 32.1. The molecule has 0 spiro atoms. The molecular formula is C12H12F3N3S. The summed E-state index contributed by atoms with van der Waals surface area (Å²) < 4.78 is 37.4. The summed E-state index contributed by atoms with van der Waals surface area (Å²) in [6, 6.07) is 3.26. The van der Waals surface area contributed by atoms with Crippen molar-refractivity contribution in [3.05, 3.63) is 39.8 Å². The fraction of sp³-hybridized carbons (Fsp3) is 0.250. The molecule has 3 nitrogen and oxygen atoms in total. The number of nitrogens with two attached hydrogens (primary N) is 1. The number of benzene rings is 1. The maximum Gasteiger partial charge on any atom is 0.416 e. The number of anilines is 2. The number of aryl methyl sites for hydroxylation is 1. The lowest BCUT2D eigenvalue weighted by atomic mass is 10.1. The van der Waals surface area contributed by atoms with Crippen LogP contribution in [0.2, 0.25) is 0 Å². The van der Waals surface area contributed by atoms with Crippen LogP contribution in [-0.2, 0) is 12.7 Å². The van der Waals surface area contributed by atoms with Gasteiger partial charge in [0, 0.05) is 11.1 Å². The normalized spacial score (nSPS) is 11.6. The van der Waals surface area contributed by atoms with Gasteiger partial charge in [0.2, 0.25) is 0 Å². The molecule has 0 aliphatic carbocycles. The Morgan fingerprint density at radius 3 is 2.63 bits per heavy atom. The molecule has 1 aromatic heterocycles. The Morgan fingerprint density at radius 1 is 1.37 bits per heavy atom. The number of hydrogen-bond acceptors (Lipinski definition) is 4. The molecule has 3 N–H and O–H groups in total. The van der Waals surface area contributed by atoms with Crippen LogP contribution in [0.15, 0.2) is 24.4 Å². The third-order valence-electron chi connectivity index (χ3n) is 2.48. The molecule has 0 aliphatic rings. The van der Waals surface area contributed by atoms with Gasteiger partial charge in [-0.25, -0.2) is 4.98 Å². The minimum atomic E-state index is -4.38. The Bertz CT molecular complexity index is 578. The summed E-state index contributed by atoms with van der Waals surface area (Å²) >= 11 is 1.53. The molecule has 0 fully saturated rings. The zero-order valence-electron chi connectivity index (χ0n) is 10.1. The van der Waals surface area contributed by atoms with Gasteiger partial charge in [-0.2, -0.15) is 13.2 Å². The van der Waals surface area contributed by atoms with Crippen LogP contribution in [0.3, 0.4) is 0 Å². The molecule has 2 aromatic rings. The number of rotatable bonds is 3. The highest BCUT2D eigenvalue weighted by Crippen LogP contribution is 2.32. The number of aromatic nitrogens is 1. The maximum atomic E-state index is 12.5. The van der Waals surface area contributed by atoms with E-state index in [-0.39, 0.29) is 5.69 Å². The van der Waals surface area contributed by atoms with Crippen molar-refractivity contribution in [3.63, 3.8) is 0 Å². The predicted octanol–water partition coefficient (Wildman–Crippen LogP) is 3.66. The summed E-state index contributed by atoms with van der Waals surface area (Å²) in [6.07, 6.45) is -2.63. The lowest BCUT2D eigenvalue weighted by molar-refractivity contribution is -0.137. The van der Waals surface area contributed by atoms with Crippen molar-refractivity contribution in [1.82, 2.24) is 4.98 Å². The van der Waals surface area contributed by atoms with Gasteiger partial charge in [0.1, 0.15) is 5.01 Å². The number of nitrogens with one attached hydrogen (secondary N) is 1. The first-order chi connectivity index (χ1) is 8.86. The zero-order chi connectivity index (χ0) is 14.0. The Kier molecular flexibility index (Phi) is 3.66. The van der Waals surface area contributed by atoms with Crippen molar-refractivity contribution in [2.45, 2.75) is 19.6 Å². The first-order valence-electron chi connectivity index (χ1n) is 5.48. The molecule has 0 atom stereocenters. The quantitative estimate of drug-likeness (QED) is 0.847. The number of halogens is 3. The Morgan fingerprint density at radius 2 is 2.11 bits per heavy atom. The van der Waals surface area contributed by atoms with Crippen molar-refractivity contribution < 1.29 is 13.2 Å². The highest BCUT2D eigenvalue weighted by Gasteiger charge is 2.30.